The molecule has 0 saturated carbocycles. The first-order chi connectivity index (χ1) is 14.9. The first-order valence-electron chi connectivity index (χ1n) is 10.2. The predicted octanol–water partition coefficient (Wildman–Crippen LogP) is 3.22. The highest BCUT2D eigenvalue weighted by atomic mass is 15.1. The zero-order chi connectivity index (χ0) is 20.2. The van der Waals surface area contributed by atoms with Gasteiger partial charge in [-0.2, -0.15) is 0 Å². The minimum absolute atomic E-state index is 0.0353. The number of benzene rings is 2. The van der Waals surface area contributed by atoms with Crippen LogP contribution in [0.2, 0.25) is 0 Å². The summed E-state index contributed by atoms with van der Waals surface area (Å²) in [5.41, 5.74) is 5.33. The van der Waals surface area contributed by atoms with Crippen LogP contribution in [-0.4, -0.2) is 23.1 Å². The van der Waals surface area contributed by atoms with Gasteiger partial charge in [-0.1, -0.05) is 60.7 Å². The van der Waals surface area contributed by atoms with E-state index in [2.05, 4.69) is 74.8 Å². The molecule has 2 aliphatic rings. The van der Waals surface area contributed by atoms with Gasteiger partial charge in [0.05, 0.1) is 5.69 Å². The van der Waals surface area contributed by atoms with E-state index < -0.39 is 0 Å². The van der Waals surface area contributed by atoms with Gasteiger partial charge in [0.25, 0.3) is 0 Å². The predicted molar refractivity (Wildman–Crippen MR) is 119 cm³/mol. The smallest absolute Gasteiger partial charge is 0.160 e. The van der Waals surface area contributed by atoms with Gasteiger partial charge in [0, 0.05) is 30.4 Å². The van der Waals surface area contributed by atoms with E-state index in [0.717, 1.165) is 41.3 Å². The van der Waals surface area contributed by atoms with Crippen LogP contribution in [0.15, 0.2) is 85.3 Å². The first-order valence-corrected chi connectivity index (χ1v) is 10.2. The average Bonchev–Trinajstić information content (AvgIpc) is 2.85. The van der Waals surface area contributed by atoms with Crippen LogP contribution < -0.4 is 21.3 Å². The Morgan fingerprint density at radius 2 is 1.30 bits per heavy atom. The number of nitrogens with zero attached hydrogens (tertiary/aromatic N) is 2. The molecule has 0 aliphatic carbocycles. The van der Waals surface area contributed by atoms with Crippen molar-refractivity contribution in [2.75, 3.05) is 13.1 Å². The standard InChI is InChI=1S/C24H24N6/c1-2-8-18(22-25-12-5-13-26-22)17(7-1)21-11-16-29-24(30-21)20-10-4-3-9-19(20)23-27-14-6-15-28-23/h1-12,14,16,22-23,25-28H,13,15H2. The summed E-state index contributed by atoms with van der Waals surface area (Å²) < 4.78 is 0. The molecule has 1 aromatic heterocycles. The Labute approximate surface area is 176 Å². The van der Waals surface area contributed by atoms with Crippen LogP contribution in [-0.2, 0) is 0 Å². The molecule has 6 nitrogen and oxygen atoms in total. The molecule has 0 radical (unpaired) electrons. The molecule has 5 rings (SSSR count). The maximum atomic E-state index is 4.97. The number of hydrogen-bond acceptors (Lipinski definition) is 6. The lowest BCUT2D eigenvalue weighted by molar-refractivity contribution is 0.499. The molecule has 3 aromatic rings. The van der Waals surface area contributed by atoms with Crippen molar-refractivity contribution in [1.82, 2.24) is 31.2 Å². The second-order valence-electron chi connectivity index (χ2n) is 7.26. The Morgan fingerprint density at radius 1 is 0.700 bits per heavy atom. The molecule has 2 aliphatic heterocycles. The zero-order valence-corrected chi connectivity index (χ0v) is 16.5. The van der Waals surface area contributed by atoms with Crippen molar-refractivity contribution in [2.45, 2.75) is 12.3 Å². The van der Waals surface area contributed by atoms with Gasteiger partial charge in [0.1, 0.15) is 12.3 Å². The number of aromatic nitrogens is 2. The number of rotatable bonds is 4. The zero-order valence-electron chi connectivity index (χ0n) is 16.5. The van der Waals surface area contributed by atoms with Crippen molar-refractivity contribution in [1.29, 1.82) is 0 Å². The van der Waals surface area contributed by atoms with Crippen molar-refractivity contribution < 1.29 is 0 Å². The van der Waals surface area contributed by atoms with E-state index in [9.17, 15) is 0 Å². The summed E-state index contributed by atoms with van der Waals surface area (Å²) in [5, 5.41) is 13.7. The van der Waals surface area contributed by atoms with Gasteiger partial charge in [0.15, 0.2) is 5.82 Å². The fourth-order valence-corrected chi connectivity index (χ4v) is 3.91. The van der Waals surface area contributed by atoms with Crippen LogP contribution >= 0.6 is 0 Å². The van der Waals surface area contributed by atoms with Crippen LogP contribution in [0.4, 0.5) is 0 Å². The highest BCUT2D eigenvalue weighted by molar-refractivity contribution is 5.68. The number of hydrogen-bond donors (Lipinski definition) is 4. The lowest BCUT2D eigenvalue weighted by Gasteiger charge is -2.25. The van der Waals surface area contributed by atoms with Gasteiger partial charge >= 0.3 is 0 Å². The van der Waals surface area contributed by atoms with E-state index in [1.807, 2.05) is 36.8 Å². The fourth-order valence-electron chi connectivity index (χ4n) is 3.91. The van der Waals surface area contributed by atoms with Crippen LogP contribution in [0.1, 0.15) is 23.5 Å². The van der Waals surface area contributed by atoms with E-state index in [-0.39, 0.29) is 12.3 Å². The van der Waals surface area contributed by atoms with Crippen molar-refractivity contribution in [2.24, 2.45) is 0 Å². The summed E-state index contributed by atoms with van der Waals surface area (Å²) in [5.74, 6) is 0.723. The minimum atomic E-state index is 0.0353. The molecular weight excluding hydrogens is 372 g/mol. The molecule has 0 spiro atoms. The Kier molecular flexibility index (Phi) is 5.25. The highest BCUT2D eigenvalue weighted by Gasteiger charge is 2.19. The second kappa shape index (κ2) is 8.49. The molecule has 2 unspecified atom stereocenters. The van der Waals surface area contributed by atoms with Crippen LogP contribution in [0.3, 0.4) is 0 Å². The van der Waals surface area contributed by atoms with E-state index >= 15 is 0 Å². The largest absolute Gasteiger partial charge is 0.372 e. The normalized spacial score (nSPS) is 20.4. The van der Waals surface area contributed by atoms with E-state index in [4.69, 9.17) is 4.98 Å². The molecule has 0 fully saturated rings. The minimum Gasteiger partial charge on any atom is -0.372 e. The Balaban J connectivity index is 1.54. The molecule has 2 aromatic carbocycles. The van der Waals surface area contributed by atoms with Gasteiger partial charge in [-0.05, 0) is 29.6 Å². The fraction of sp³-hybridized carbons (Fsp3) is 0.167. The monoisotopic (exact) mass is 396 g/mol. The van der Waals surface area contributed by atoms with Gasteiger partial charge < -0.3 is 10.6 Å². The number of nitrogens with one attached hydrogen (secondary N) is 4. The highest BCUT2D eigenvalue weighted by Crippen LogP contribution is 2.30. The van der Waals surface area contributed by atoms with Gasteiger partial charge in [-0.3, -0.25) is 10.6 Å². The SMILES string of the molecule is C1=CNC(c2ccccc2-c2ccnc(-c3ccccc3C3NC=CCN3)n2)NC1. The average molecular weight is 396 g/mol. The third-order valence-corrected chi connectivity index (χ3v) is 5.36. The third kappa shape index (κ3) is 3.70. The second-order valence-corrected chi connectivity index (χ2v) is 7.26. The summed E-state index contributed by atoms with van der Waals surface area (Å²) in [7, 11) is 0. The molecule has 3 heterocycles. The van der Waals surface area contributed by atoms with E-state index in [1.54, 1.807) is 0 Å². The van der Waals surface area contributed by atoms with Crippen LogP contribution in [0, 0.1) is 0 Å². The van der Waals surface area contributed by atoms with Crippen molar-refractivity contribution >= 4 is 0 Å². The van der Waals surface area contributed by atoms with E-state index in [0.29, 0.717) is 0 Å². The topological polar surface area (TPSA) is 73.9 Å². The molecule has 30 heavy (non-hydrogen) atoms. The van der Waals surface area contributed by atoms with Gasteiger partial charge in [0.2, 0.25) is 0 Å². The molecule has 2 atom stereocenters. The summed E-state index contributed by atoms with van der Waals surface area (Å²) in [6, 6.07) is 18.6. The van der Waals surface area contributed by atoms with Crippen LogP contribution in [0.25, 0.3) is 22.6 Å². The summed E-state index contributed by atoms with van der Waals surface area (Å²) >= 11 is 0. The molecular formula is C24H24N6. The van der Waals surface area contributed by atoms with Crippen LogP contribution in [0.5, 0.6) is 0 Å². The Bertz CT molecular complexity index is 1010. The van der Waals surface area contributed by atoms with E-state index in [1.165, 1.54) is 5.56 Å². The van der Waals surface area contributed by atoms with Crippen molar-refractivity contribution in [3.05, 3.63) is 96.5 Å². The molecule has 150 valence electrons. The quantitative estimate of drug-likeness (QED) is 0.543. The lowest BCUT2D eigenvalue weighted by atomic mass is 10.00. The maximum Gasteiger partial charge on any atom is 0.160 e. The summed E-state index contributed by atoms with van der Waals surface area (Å²) in [6.45, 7) is 1.67. The Hall–Kier alpha value is -3.48. The maximum absolute atomic E-state index is 4.97. The lowest BCUT2D eigenvalue weighted by Crippen LogP contribution is -2.35. The van der Waals surface area contributed by atoms with Gasteiger partial charge in [-0.25, -0.2) is 9.97 Å². The molecule has 6 heteroatoms. The van der Waals surface area contributed by atoms with Crippen molar-refractivity contribution in [3.63, 3.8) is 0 Å². The first kappa shape index (κ1) is 18.5. The third-order valence-electron chi connectivity index (χ3n) is 5.36. The Morgan fingerprint density at radius 3 is 1.93 bits per heavy atom. The van der Waals surface area contributed by atoms with Gasteiger partial charge in [-0.15, -0.1) is 0 Å². The molecule has 0 bridgehead atoms. The van der Waals surface area contributed by atoms with Crippen molar-refractivity contribution in [3.8, 4) is 22.6 Å². The summed E-state index contributed by atoms with van der Waals surface area (Å²) in [4.78, 5) is 9.57. The molecule has 4 N–H and O–H groups in total. The molecule has 0 saturated heterocycles. The summed E-state index contributed by atoms with van der Waals surface area (Å²) in [6.07, 6.45) is 10.1. The molecule has 0 amide bonds.